The first kappa shape index (κ1) is 18.6. The molecular formula is C21H21N3O3S. The van der Waals surface area contributed by atoms with Gasteiger partial charge in [-0.05, 0) is 42.8 Å². The fourth-order valence-corrected chi connectivity index (χ4v) is 4.17. The molecule has 3 aromatic rings. The topological polar surface area (TPSA) is 75.3 Å². The molecule has 4 rings (SSSR count). The number of thioether (sulfide) groups is 1. The van der Waals surface area contributed by atoms with E-state index in [0.717, 1.165) is 29.0 Å². The summed E-state index contributed by atoms with van der Waals surface area (Å²) < 4.78 is 5.56. The average Bonchev–Trinajstić information content (AvgIpc) is 3.25. The normalized spacial score (nSPS) is 16.9. The van der Waals surface area contributed by atoms with Crippen LogP contribution >= 0.6 is 11.8 Å². The highest BCUT2D eigenvalue weighted by Crippen LogP contribution is 2.32. The second kappa shape index (κ2) is 8.06. The number of hydrogen-bond acceptors (Lipinski definition) is 5. The molecule has 6 nitrogen and oxygen atoms in total. The maximum atomic E-state index is 12.8. The molecule has 1 saturated heterocycles. The van der Waals surface area contributed by atoms with E-state index in [-0.39, 0.29) is 18.2 Å². The minimum atomic E-state index is -0.392. The fraction of sp³-hybridized carbons (Fsp3) is 0.286. The van der Waals surface area contributed by atoms with Gasteiger partial charge in [-0.25, -0.2) is 9.88 Å². The lowest BCUT2D eigenvalue weighted by Gasteiger charge is -2.15. The van der Waals surface area contributed by atoms with Gasteiger partial charge in [-0.15, -0.1) is 11.8 Å². The maximum Gasteiger partial charge on any atom is 0.247 e. The van der Waals surface area contributed by atoms with Crippen molar-refractivity contribution in [3.8, 4) is 5.75 Å². The number of para-hydroxylation sites is 2. The standard InChI is InChI=1S/C21H21N3O3S/c1-2-11-27-15-9-7-14(8-10-15)24-20(25)12-18(21(24)26)28-13-19-22-16-5-3-4-6-17(16)23-19/h3-10,18H,2,11-13H2,1H3,(H,22,23)/t18-/m1/s1. The Morgan fingerprint density at radius 2 is 1.96 bits per heavy atom. The SMILES string of the molecule is CCCOc1ccc(N2C(=O)C[C@@H](SCc3nc4ccccc4[nH]3)C2=O)cc1. The number of imide groups is 1. The highest BCUT2D eigenvalue weighted by Gasteiger charge is 2.39. The lowest BCUT2D eigenvalue weighted by molar-refractivity contribution is -0.121. The minimum Gasteiger partial charge on any atom is -0.494 e. The van der Waals surface area contributed by atoms with Crippen LogP contribution in [0.1, 0.15) is 25.6 Å². The van der Waals surface area contributed by atoms with Crippen molar-refractivity contribution in [3.05, 3.63) is 54.4 Å². The zero-order valence-corrected chi connectivity index (χ0v) is 16.4. The van der Waals surface area contributed by atoms with E-state index in [4.69, 9.17) is 4.74 Å². The van der Waals surface area contributed by atoms with Gasteiger partial charge < -0.3 is 9.72 Å². The number of carbonyl (C=O) groups excluding carboxylic acids is 2. The van der Waals surface area contributed by atoms with Crippen molar-refractivity contribution in [3.63, 3.8) is 0 Å². The summed E-state index contributed by atoms with van der Waals surface area (Å²) in [6.45, 7) is 2.68. The van der Waals surface area contributed by atoms with Gasteiger partial charge in [-0.1, -0.05) is 19.1 Å². The predicted molar refractivity (Wildman–Crippen MR) is 111 cm³/mol. The molecule has 1 aromatic heterocycles. The van der Waals surface area contributed by atoms with Gasteiger partial charge in [-0.3, -0.25) is 9.59 Å². The summed E-state index contributed by atoms with van der Waals surface area (Å²) >= 11 is 1.45. The van der Waals surface area contributed by atoms with E-state index < -0.39 is 5.25 Å². The molecule has 1 aliphatic heterocycles. The van der Waals surface area contributed by atoms with Crippen molar-refractivity contribution in [2.75, 3.05) is 11.5 Å². The molecule has 28 heavy (non-hydrogen) atoms. The third-order valence-corrected chi connectivity index (χ3v) is 5.74. The van der Waals surface area contributed by atoms with Crippen LogP contribution in [-0.4, -0.2) is 33.6 Å². The molecule has 1 fully saturated rings. The summed E-state index contributed by atoms with van der Waals surface area (Å²) in [7, 11) is 0. The van der Waals surface area contributed by atoms with Crippen molar-refractivity contribution in [1.29, 1.82) is 0 Å². The Labute approximate surface area is 167 Å². The number of ether oxygens (including phenoxy) is 1. The number of amides is 2. The minimum absolute atomic E-state index is 0.172. The van der Waals surface area contributed by atoms with Gasteiger partial charge in [0.1, 0.15) is 11.6 Å². The van der Waals surface area contributed by atoms with E-state index in [0.29, 0.717) is 18.0 Å². The van der Waals surface area contributed by atoms with Gasteiger partial charge in [0, 0.05) is 6.42 Å². The largest absolute Gasteiger partial charge is 0.494 e. The first-order chi connectivity index (χ1) is 13.7. The number of nitrogens with one attached hydrogen (secondary N) is 1. The number of aromatic amines is 1. The van der Waals surface area contributed by atoms with Crippen molar-refractivity contribution in [2.45, 2.75) is 30.8 Å². The second-order valence-electron chi connectivity index (χ2n) is 6.61. The smallest absolute Gasteiger partial charge is 0.247 e. The molecule has 0 aliphatic carbocycles. The van der Waals surface area contributed by atoms with Crippen LogP contribution in [0.2, 0.25) is 0 Å². The predicted octanol–water partition coefficient (Wildman–Crippen LogP) is 3.92. The van der Waals surface area contributed by atoms with Crippen LogP contribution in [0.25, 0.3) is 11.0 Å². The molecule has 2 heterocycles. The number of hydrogen-bond donors (Lipinski definition) is 1. The summed E-state index contributed by atoms with van der Waals surface area (Å²) in [5.41, 5.74) is 2.46. The molecule has 1 N–H and O–H groups in total. The molecule has 0 unspecified atom stereocenters. The molecular weight excluding hydrogens is 374 g/mol. The maximum absolute atomic E-state index is 12.8. The summed E-state index contributed by atoms with van der Waals surface area (Å²) in [4.78, 5) is 34.3. The number of fused-ring (bicyclic) bond motifs is 1. The van der Waals surface area contributed by atoms with Crippen molar-refractivity contribution >= 4 is 40.3 Å². The molecule has 2 aromatic carbocycles. The average molecular weight is 395 g/mol. The van der Waals surface area contributed by atoms with Crippen LogP contribution < -0.4 is 9.64 Å². The molecule has 0 saturated carbocycles. The van der Waals surface area contributed by atoms with Crippen LogP contribution in [0.15, 0.2) is 48.5 Å². The molecule has 1 aliphatic rings. The lowest BCUT2D eigenvalue weighted by Crippen LogP contribution is -2.31. The first-order valence-corrected chi connectivity index (χ1v) is 10.4. The van der Waals surface area contributed by atoms with Gasteiger partial charge in [-0.2, -0.15) is 0 Å². The van der Waals surface area contributed by atoms with Gasteiger partial charge in [0.15, 0.2) is 0 Å². The number of aromatic nitrogens is 2. The van der Waals surface area contributed by atoms with Crippen molar-refractivity contribution < 1.29 is 14.3 Å². The number of anilines is 1. The molecule has 7 heteroatoms. The van der Waals surface area contributed by atoms with Gasteiger partial charge in [0.2, 0.25) is 11.8 Å². The van der Waals surface area contributed by atoms with Crippen LogP contribution in [0, 0.1) is 0 Å². The second-order valence-corrected chi connectivity index (χ2v) is 7.81. The highest BCUT2D eigenvalue weighted by molar-refractivity contribution is 7.99. The summed E-state index contributed by atoms with van der Waals surface area (Å²) in [6.07, 6.45) is 1.13. The molecule has 2 amide bonds. The van der Waals surface area contributed by atoms with Crippen LogP contribution in [0.5, 0.6) is 5.75 Å². The molecule has 1 atom stereocenters. The number of imidazole rings is 1. The number of carbonyl (C=O) groups is 2. The Kier molecular flexibility index (Phi) is 5.34. The Morgan fingerprint density at radius 1 is 1.18 bits per heavy atom. The zero-order valence-electron chi connectivity index (χ0n) is 15.6. The van der Waals surface area contributed by atoms with E-state index in [1.54, 1.807) is 24.3 Å². The molecule has 144 valence electrons. The summed E-state index contributed by atoms with van der Waals surface area (Å²) in [5.74, 6) is 1.75. The van der Waals surface area contributed by atoms with Crippen LogP contribution in [0.4, 0.5) is 5.69 Å². The van der Waals surface area contributed by atoms with Crippen molar-refractivity contribution in [2.24, 2.45) is 0 Å². The Bertz CT molecular complexity index is 967. The van der Waals surface area contributed by atoms with Gasteiger partial charge in [0.25, 0.3) is 0 Å². The van der Waals surface area contributed by atoms with E-state index >= 15 is 0 Å². The van der Waals surface area contributed by atoms with Gasteiger partial charge in [0.05, 0.1) is 34.3 Å². The van der Waals surface area contributed by atoms with Crippen molar-refractivity contribution in [1.82, 2.24) is 9.97 Å². The van der Waals surface area contributed by atoms with E-state index in [2.05, 4.69) is 9.97 Å². The Balaban J connectivity index is 1.41. The highest BCUT2D eigenvalue weighted by atomic mass is 32.2. The number of nitrogens with zero attached hydrogens (tertiary/aromatic N) is 2. The summed E-state index contributed by atoms with van der Waals surface area (Å²) in [6, 6.07) is 14.9. The van der Waals surface area contributed by atoms with E-state index in [9.17, 15) is 9.59 Å². The number of rotatable bonds is 7. The third kappa shape index (κ3) is 3.75. The number of benzene rings is 2. The number of H-pyrrole nitrogens is 1. The fourth-order valence-electron chi connectivity index (χ4n) is 3.17. The van der Waals surface area contributed by atoms with Crippen LogP contribution in [-0.2, 0) is 15.3 Å². The first-order valence-electron chi connectivity index (χ1n) is 9.30. The van der Waals surface area contributed by atoms with Gasteiger partial charge >= 0.3 is 0 Å². The summed E-state index contributed by atoms with van der Waals surface area (Å²) in [5, 5.41) is -0.392. The Morgan fingerprint density at radius 3 is 2.71 bits per heavy atom. The quantitative estimate of drug-likeness (QED) is 0.614. The third-order valence-electron chi connectivity index (χ3n) is 4.53. The van der Waals surface area contributed by atoms with Crippen LogP contribution in [0.3, 0.4) is 0 Å². The molecule has 0 bridgehead atoms. The molecule has 0 radical (unpaired) electrons. The Hall–Kier alpha value is -2.80. The lowest BCUT2D eigenvalue weighted by atomic mass is 10.3. The monoisotopic (exact) mass is 395 g/mol. The van der Waals surface area contributed by atoms with E-state index in [1.165, 1.54) is 16.7 Å². The zero-order chi connectivity index (χ0) is 19.5. The van der Waals surface area contributed by atoms with E-state index in [1.807, 2.05) is 31.2 Å². The molecule has 0 spiro atoms.